The van der Waals surface area contributed by atoms with E-state index in [4.69, 9.17) is 0 Å². The molecule has 0 atom stereocenters. The molecule has 0 aromatic carbocycles. The van der Waals surface area contributed by atoms with E-state index in [1.54, 1.807) is 6.92 Å². The van der Waals surface area contributed by atoms with Gasteiger partial charge in [-0.3, -0.25) is 4.79 Å². The minimum Gasteiger partial charge on any atom is -0.342 e. The van der Waals surface area contributed by atoms with Crippen LogP contribution < -0.4 is 0 Å². The summed E-state index contributed by atoms with van der Waals surface area (Å²) in [5.74, 6) is 2.15. The van der Waals surface area contributed by atoms with Crippen LogP contribution in [0.5, 0.6) is 0 Å². The number of nitrogens with zero attached hydrogens (tertiary/aromatic N) is 3. The van der Waals surface area contributed by atoms with Gasteiger partial charge in [-0.2, -0.15) is 0 Å². The van der Waals surface area contributed by atoms with Crippen LogP contribution in [-0.2, 0) is 4.79 Å². The Balaban J connectivity index is 0.00000102. The number of hydrogen-bond acceptors (Lipinski definition) is 3. The van der Waals surface area contributed by atoms with Crippen molar-refractivity contribution in [2.24, 2.45) is 17.3 Å². The van der Waals surface area contributed by atoms with Crippen LogP contribution in [0.3, 0.4) is 0 Å². The Kier molecular flexibility index (Phi) is 7.24. The zero-order chi connectivity index (χ0) is 19.4. The molecular formula is C23H43N3O. The van der Waals surface area contributed by atoms with Crippen molar-refractivity contribution in [3.8, 4) is 0 Å². The lowest BCUT2D eigenvalue weighted by molar-refractivity contribution is -0.153. The summed E-state index contributed by atoms with van der Waals surface area (Å²) in [6.07, 6.45) is 9.72. The van der Waals surface area contributed by atoms with Crippen LogP contribution in [0.2, 0.25) is 0 Å². The van der Waals surface area contributed by atoms with Crippen molar-refractivity contribution >= 4 is 5.91 Å². The molecule has 3 saturated heterocycles. The molecule has 4 aliphatic rings. The Bertz CT molecular complexity index is 464. The summed E-state index contributed by atoms with van der Waals surface area (Å²) >= 11 is 0. The lowest BCUT2D eigenvalue weighted by atomic mass is 9.57. The van der Waals surface area contributed by atoms with E-state index in [-0.39, 0.29) is 5.91 Å². The summed E-state index contributed by atoms with van der Waals surface area (Å²) in [6.45, 7) is 16.8. The molecule has 27 heavy (non-hydrogen) atoms. The molecule has 1 amide bonds. The number of piperidine rings is 2. The average molecular weight is 378 g/mol. The van der Waals surface area contributed by atoms with Crippen LogP contribution in [0.4, 0.5) is 0 Å². The van der Waals surface area contributed by atoms with Crippen LogP contribution in [0.25, 0.3) is 0 Å². The van der Waals surface area contributed by atoms with Gasteiger partial charge in [-0.05, 0) is 76.5 Å². The zero-order valence-electron chi connectivity index (χ0n) is 18.4. The van der Waals surface area contributed by atoms with Gasteiger partial charge in [0.2, 0.25) is 5.91 Å². The Hall–Kier alpha value is -0.610. The van der Waals surface area contributed by atoms with E-state index in [2.05, 4.69) is 16.7 Å². The molecule has 0 aromatic rings. The van der Waals surface area contributed by atoms with Crippen molar-refractivity contribution in [1.29, 1.82) is 0 Å². The van der Waals surface area contributed by atoms with E-state index in [0.717, 1.165) is 31.0 Å². The minimum absolute atomic E-state index is 0.263. The van der Waals surface area contributed by atoms with Gasteiger partial charge in [0.25, 0.3) is 0 Å². The van der Waals surface area contributed by atoms with Crippen molar-refractivity contribution in [3.63, 3.8) is 0 Å². The van der Waals surface area contributed by atoms with Gasteiger partial charge in [0.1, 0.15) is 0 Å². The van der Waals surface area contributed by atoms with Gasteiger partial charge in [0.05, 0.1) is 0 Å². The molecule has 0 unspecified atom stereocenters. The van der Waals surface area contributed by atoms with Crippen LogP contribution in [0, 0.1) is 17.3 Å². The van der Waals surface area contributed by atoms with Crippen LogP contribution in [-0.4, -0.2) is 72.5 Å². The topological polar surface area (TPSA) is 26.8 Å². The number of amides is 1. The number of rotatable bonds is 4. The molecular weight excluding hydrogens is 334 g/mol. The maximum Gasteiger partial charge on any atom is 0.219 e. The fourth-order valence-electron chi connectivity index (χ4n) is 6.10. The molecule has 1 aliphatic carbocycles. The van der Waals surface area contributed by atoms with Crippen molar-refractivity contribution in [2.75, 3.05) is 45.8 Å². The average Bonchev–Trinajstić information content (AvgIpc) is 2.64. The molecule has 0 aromatic heterocycles. The summed E-state index contributed by atoms with van der Waals surface area (Å²) in [4.78, 5) is 18.9. The fourth-order valence-corrected chi connectivity index (χ4v) is 6.10. The van der Waals surface area contributed by atoms with Crippen molar-refractivity contribution in [3.05, 3.63) is 0 Å². The summed E-state index contributed by atoms with van der Waals surface area (Å²) < 4.78 is 0. The van der Waals surface area contributed by atoms with Crippen molar-refractivity contribution in [1.82, 2.24) is 14.7 Å². The lowest BCUT2D eigenvalue weighted by Gasteiger charge is -2.59. The molecule has 0 bridgehead atoms. The largest absolute Gasteiger partial charge is 0.342 e. The minimum atomic E-state index is 0.263. The maximum atomic E-state index is 11.4. The lowest BCUT2D eigenvalue weighted by Crippen LogP contribution is -2.64. The van der Waals surface area contributed by atoms with Gasteiger partial charge < -0.3 is 14.7 Å². The van der Waals surface area contributed by atoms with Gasteiger partial charge in [0.15, 0.2) is 0 Å². The highest BCUT2D eigenvalue weighted by molar-refractivity contribution is 5.74. The summed E-state index contributed by atoms with van der Waals surface area (Å²) in [6, 6.07) is 0.859. The molecule has 4 rings (SSSR count). The summed E-state index contributed by atoms with van der Waals surface area (Å²) in [5, 5.41) is 0. The first-order valence-electron chi connectivity index (χ1n) is 11.8. The third kappa shape index (κ3) is 4.87. The van der Waals surface area contributed by atoms with Gasteiger partial charge in [-0.1, -0.05) is 27.2 Å². The second-order valence-corrected chi connectivity index (χ2v) is 9.57. The Morgan fingerprint density at radius 1 is 0.926 bits per heavy atom. The third-order valence-electron chi connectivity index (χ3n) is 7.76. The summed E-state index contributed by atoms with van der Waals surface area (Å²) in [5.41, 5.74) is 0.526. The molecule has 1 saturated carbocycles. The number of likely N-dealkylation sites (tertiary alicyclic amines) is 3. The van der Waals surface area contributed by atoms with Gasteiger partial charge in [-0.15, -0.1) is 0 Å². The predicted octanol–water partition coefficient (Wildman–Crippen LogP) is 3.86. The smallest absolute Gasteiger partial charge is 0.219 e. The molecule has 156 valence electrons. The Morgan fingerprint density at radius 2 is 1.52 bits per heavy atom. The first kappa shape index (κ1) is 21.1. The molecule has 1 spiro atoms. The quantitative estimate of drug-likeness (QED) is 0.744. The monoisotopic (exact) mass is 377 g/mol. The van der Waals surface area contributed by atoms with Crippen molar-refractivity contribution in [2.45, 2.75) is 78.7 Å². The third-order valence-corrected chi connectivity index (χ3v) is 7.76. The number of hydrogen-bond donors (Lipinski definition) is 0. The molecule has 0 N–H and O–H groups in total. The van der Waals surface area contributed by atoms with Crippen LogP contribution in [0.15, 0.2) is 0 Å². The second kappa shape index (κ2) is 9.26. The first-order chi connectivity index (χ1) is 13.1. The molecule has 3 aliphatic heterocycles. The van der Waals surface area contributed by atoms with E-state index in [1.165, 1.54) is 77.7 Å². The van der Waals surface area contributed by atoms with Gasteiger partial charge >= 0.3 is 0 Å². The SMILES string of the molecule is CC.CCC1CCN(C2CCN(CC3CC4(C3)CN(C(C)=O)C4)CC2)CC1. The Labute approximate surface area is 167 Å². The van der Waals surface area contributed by atoms with E-state index < -0.39 is 0 Å². The molecule has 0 radical (unpaired) electrons. The van der Waals surface area contributed by atoms with E-state index >= 15 is 0 Å². The number of carbonyl (C=O) groups excluding carboxylic acids is 1. The van der Waals surface area contributed by atoms with Crippen LogP contribution in [0.1, 0.15) is 72.6 Å². The number of carbonyl (C=O) groups is 1. The second-order valence-electron chi connectivity index (χ2n) is 9.57. The van der Waals surface area contributed by atoms with E-state index in [0.29, 0.717) is 5.41 Å². The predicted molar refractivity (Wildman–Crippen MR) is 113 cm³/mol. The van der Waals surface area contributed by atoms with E-state index in [9.17, 15) is 4.79 Å². The van der Waals surface area contributed by atoms with E-state index in [1.807, 2.05) is 18.7 Å². The Morgan fingerprint density at radius 3 is 2.04 bits per heavy atom. The summed E-state index contributed by atoms with van der Waals surface area (Å²) in [7, 11) is 0. The maximum absolute atomic E-state index is 11.4. The zero-order valence-corrected chi connectivity index (χ0v) is 18.4. The first-order valence-corrected chi connectivity index (χ1v) is 11.8. The van der Waals surface area contributed by atoms with Gasteiger partial charge in [-0.25, -0.2) is 0 Å². The highest BCUT2D eigenvalue weighted by Crippen LogP contribution is 2.52. The fraction of sp³-hybridized carbons (Fsp3) is 0.957. The highest BCUT2D eigenvalue weighted by atomic mass is 16.2. The highest BCUT2D eigenvalue weighted by Gasteiger charge is 2.53. The van der Waals surface area contributed by atoms with Crippen molar-refractivity contribution < 1.29 is 4.79 Å². The molecule has 4 fully saturated rings. The standard InChI is InChI=1S/C21H37N3O.C2H6/c1-3-18-4-10-23(11-5-18)20-6-8-22(9-7-20)14-19-12-21(13-19)15-24(16-21)17(2)25;1-2/h18-20H,3-16H2,1-2H3;1-2H3. The van der Waals surface area contributed by atoms with Crippen LogP contribution >= 0.6 is 0 Å². The van der Waals surface area contributed by atoms with Gasteiger partial charge in [0, 0.05) is 38.0 Å². The molecule has 3 heterocycles. The normalized spacial score (nSPS) is 27.6. The molecule has 4 heteroatoms. The molecule has 4 nitrogen and oxygen atoms in total.